The third-order valence-corrected chi connectivity index (χ3v) is 8.99. The van der Waals surface area contributed by atoms with Crippen molar-refractivity contribution < 1.29 is 63.0 Å². The number of carboxylic acid groups (broad SMARTS) is 4. The summed E-state index contributed by atoms with van der Waals surface area (Å²) in [6.45, 7) is 8.77. The maximum atomic E-state index is 14.4. The Morgan fingerprint density at radius 2 is 1.40 bits per heavy atom. The van der Waals surface area contributed by atoms with Crippen LogP contribution in [0, 0.1) is 17.9 Å². The molecule has 0 aliphatic carbocycles. The van der Waals surface area contributed by atoms with Gasteiger partial charge in [-0.1, -0.05) is 6.92 Å². The summed E-state index contributed by atoms with van der Waals surface area (Å²) in [6.07, 6.45) is -5.67. The lowest BCUT2D eigenvalue weighted by Gasteiger charge is -2.16. The Hall–Kier alpha value is -9.93. The van der Waals surface area contributed by atoms with Crippen LogP contribution in [0.5, 0.6) is 11.8 Å². The van der Waals surface area contributed by atoms with Crippen molar-refractivity contribution in [3.8, 4) is 17.8 Å². The summed E-state index contributed by atoms with van der Waals surface area (Å²) in [7, 11) is 0. The summed E-state index contributed by atoms with van der Waals surface area (Å²) in [5.74, 6) is -10.9. The van der Waals surface area contributed by atoms with Crippen molar-refractivity contribution in [1.82, 2.24) is 24.1 Å². The molecule has 0 unspecified atom stereocenters. The van der Waals surface area contributed by atoms with E-state index in [0.29, 0.717) is 10.6 Å². The highest BCUT2D eigenvalue weighted by atomic mass is 19.4. The molecule has 5 aromatic rings. The number of aromatic nitrogens is 5. The summed E-state index contributed by atoms with van der Waals surface area (Å²) in [4.78, 5) is 102. The van der Waals surface area contributed by atoms with E-state index in [0.717, 1.165) is 37.3 Å². The Labute approximate surface area is 368 Å². The first kappa shape index (κ1) is 48.1. The molecule has 5 rings (SSSR count). The van der Waals surface area contributed by atoms with Gasteiger partial charge >= 0.3 is 35.7 Å². The molecule has 0 fully saturated rings. The number of carboxylic acids is 4. The Kier molecular flexibility index (Phi) is 13.8. The summed E-state index contributed by atoms with van der Waals surface area (Å²) >= 11 is 0. The van der Waals surface area contributed by atoms with Crippen LogP contribution in [0.15, 0.2) is 76.2 Å². The average Bonchev–Trinajstić information content (AvgIpc) is 3.25. The number of aromatic hydroxyl groups is 2. The monoisotopic (exact) mass is 929 g/mol. The van der Waals surface area contributed by atoms with Crippen LogP contribution in [-0.4, -0.2) is 91.0 Å². The molecule has 0 radical (unpaired) electrons. The lowest BCUT2D eigenvalue weighted by Crippen LogP contribution is -2.28. The molecule has 0 aliphatic heterocycles. The first-order valence-corrected chi connectivity index (χ1v) is 18.2. The third kappa shape index (κ3) is 9.99. The van der Waals surface area contributed by atoms with E-state index in [9.17, 15) is 82.6 Å². The van der Waals surface area contributed by atoms with Crippen LogP contribution in [0.4, 0.5) is 53.5 Å². The molecule has 0 saturated heterocycles. The molecule has 3 aromatic heterocycles. The minimum Gasteiger partial charge on any atom is -0.502 e. The van der Waals surface area contributed by atoms with Gasteiger partial charge in [0.2, 0.25) is 23.7 Å². The second-order valence-electron chi connectivity index (χ2n) is 13.1. The molecule has 3 heterocycles. The summed E-state index contributed by atoms with van der Waals surface area (Å²) < 4.78 is 43.8. The van der Waals surface area contributed by atoms with E-state index in [1.54, 1.807) is 6.07 Å². The normalized spacial score (nSPS) is 11.7. The first-order chi connectivity index (χ1) is 31.5. The quantitative estimate of drug-likeness (QED) is 0.0305. The van der Waals surface area contributed by atoms with Gasteiger partial charge < -0.3 is 36.0 Å². The predicted octanol–water partition coefficient (Wildman–Crippen LogP) is 5.24. The Balaban J connectivity index is 1.53. The van der Waals surface area contributed by atoms with E-state index in [1.807, 2.05) is 4.98 Å². The van der Waals surface area contributed by atoms with E-state index in [4.69, 9.17) is 6.57 Å². The molecule has 8 N–H and O–H groups in total. The number of benzene rings is 2. The van der Waals surface area contributed by atoms with Gasteiger partial charge in [0.25, 0.3) is 16.8 Å². The minimum absolute atomic E-state index is 0.0402. The number of rotatable bonds is 14. The molecule has 29 heteroatoms. The van der Waals surface area contributed by atoms with Gasteiger partial charge in [0.05, 0.1) is 34.4 Å². The maximum Gasteiger partial charge on any atom is 0.409 e. The first-order valence-electron chi connectivity index (χ1n) is 18.2. The molecule has 0 bridgehead atoms. The second kappa shape index (κ2) is 19.2. The number of H-pyrrole nitrogens is 1. The van der Waals surface area contributed by atoms with Gasteiger partial charge in [0.1, 0.15) is 28.8 Å². The fourth-order valence-electron chi connectivity index (χ4n) is 5.97. The molecule has 0 spiro atoms. The molecular formula is C38H26F3N13O13. The summed E-state index contributed by atoms with van der Waals surface area (Å²) in [5, 5.41) is 86.1. The van der Waals surface area contributed by atoms with Crippen molar-refractivity contribution in [2.75, 3.05) is 11.9 Å². The summed E-state index contributed by atoms with van der Waals surface area (Å²) in [6, 6.07) is 6.78. The summed E-state index contributed by atoms with van der Waals surface area (Å²) in [5.41, 5.74) is -14.1. The van der Waals surface area contributed by atoms with Gasteiger partial charge in [-0.15, -0.1) is 20.5 Å². The number of carbonyl (C=O) groups is 4. The minimum atomic E-state index is -5.59. The van der Waals surface area contributed by atoms with Gasteiger partial charge in [0, 0.05) is 18.7 Å². The molecule has 0 amide bonds. The highest BCUT2D eigenvalue weighted by Gasteiger charge is 2.41. The number of halogens is 3. The Bertz CT molecular complexity index is 3310. The number of aliphatic imine (C=N–C) groups is 1. The zero-order valence-corrected chi connectivity index (χ0v) is 33.7. The number of pyridine rings is 2. The number of anilines is 1. The van der Waals surface area contributed by atoms with Crippen LogP contribution in [0.3, 0.4) is 0 Å². The zero-order valence-electron chi connectivity index (χ0n) is 33.7. The van der Waals surface area contributed by atoms with Crippen LogP contribution in [0.2, 0.25) is 0 Å². The van der Waals surface area contributed by atoms with Gasteiger partial charge in [-0.3, -0.25) is 19.1 Å². The number of hydrogen-bond donors (Lipinski definition) is 8. The number of nitriles is 1. The van der Waals surface area contributed by atoms with Crippen LogP contribution in [0.25, 0.3) is 4.85 Å². The Morgan fingerprint density at radius 1 is 0.851 bits per heavy atom. The molecule has 0 saturated carbocycles. The van der Waals surface area contributed by atoms with Crippen LogP contribution in [0.1, 0.15) is 72.0 Å². The van der Waals surface area contributed by atoms with Crippen LogP contribution >= 0.6 is 0 Å². The number of aromatic amines is 1. The van der Waals surface area contributed by atoms with E-state index in [-0.39, 0.29) is 22.1 Å². The smallest absolute Gasteiger partial charge is 0.409 e. The largest absolute Gasteiger partial charge is 0.502 e. The lowest BCUT2D eigenvalue weighted by molar-refractivity contribution is -0.136. The highest BCUT2D eigenvalue weighted by Crippen LogP contribution is 2.45. The number of nitrogens with zero attached hydrogens (tertiary/aromatic N) is 11. The van der Waals surface area contributed by atoms with Crippen molar-refractivity contribution in [2.24, 2.45) is 25.4 Å². The fraction of sp³-hybridized carbons (Fsp3) is 0.158. The topological polar surface area (TPSA) is 394 Å². The van der Waals surface area contributed by atoms with Gasteiger partial charge in [-0.25, -0.2) is 33.4 Å². The molecule has 0 atom stereocenters. The van der Waals surface area contributed by atoms with E-state index in [2.05, 4.69) is 45.6 Å². The molecule has 2 aromatic carbocycles. The van der Waals surface area contributed by atoms with Crippen LogP contribution in [-0.2, 0) is 19.1 Å². The lowest BCUT2D eigenvalue weighted by atomic mass is 10.1. The maximum absolute atomic E-state index is 14.4. The van der Waals surface area contributed by atoms with Crippen molar-refractivity contribution >= 4 is 70.0 Å². The van der Waals surface area contributed by atoms with E-state index >= 15 is 0 Å². The zero-order chi connectivity index (χ0) is 49.7. The van der Waals surface area contributed by atoms with Crippen LogP contribution < -0.4 is 22.1 Å². The molecule has 0 aliphatic rings. The highest BCUT2D eigenvalue weighted by molar-refractivity contribution is 5.98. The van der Waals surface area contributed by atoms with Gasteiger partial charge in [0.15, 0.2) is 11.4 Å². The fourth-order valence-corrected chi connectivity index (χ4v) is 5.97. The number of nitrogens with one attached hydrogen (secondary N) is 2. The second-order valence-corrected chi connectivity index (χ2v) is 13.1. The van der Waals surface area contributed by atoms with Crippen molar-refractivity contribution in [2.45, 2.75) is 33.0 Å². The number of hydrogen-bond acceptors (Lipinski definition) is 18. The van der Waals surface area contributed by atoms with E-state index in [1.165, 1.54) is 6.92 Å². The number of azo groups is 2. The van der Waals surface area contributed by atoms with Crippen molar-refractivity contribution in [3.63, 3.8) is 0 Å². The Morgan fingerprint density at radius 3 is 1.88 bits per heavy atom. The molecular weight excluding hydrogens is 903 g/mol. The third-order valence-electron chi connectivity index (χ3n) is 8.99. The predicted molar refractivity (Wildman–Crippen MR) is 218 cm³/mol. The van der Waals surface area contributed by atoms with E-state index < -0.39 is 146 Å². The van der Waals surface area contributed by atoms with Gasteiger partial charge in [-0.2, -0.15) is 33.4 Å². The van der Waals surface area contributed by atoms with Gasteiger partial charge in [-0.05, 0) is 49.7 Å². The average molecular weight is 930 g/mol. The SMILES string of the molecule is [C-]#[N+]c1c(C(F)(F)F)c(N=Nc2cc(C(=O)O)ccc2C(=O)O)c(=O)n(C(C)=Nc2nc(NCCn3c(O)c(C#N)c(CC)c(N=Nc4cc(C(=O)O)ccc4C(=O)O)c3=O)nc(=O)[nH]2)c1O. The van der Waals surface area contributed by atoms with Crippen molar-refractivity contribution in [3.05, 3.63) is 118 Å². The van der Waals surface area contributed by atoms with Crippen molar-refractivity contribution in [1.29, 1.82) is 5.26 Å². The molecule has 342 valence electrons. The number of alkyl halides is 3. The molecule has 26 nitrogen and oxygen atoms in total. The standard InChI is InChI=1S/C38H26F3N13O13/c1-4-17-20(13-42)27(55)53(28(56)24(17)51-49-21-11-15(31(59)60)5-7-18(21)33(63)64)10-9-44-35-46-36(48-37(67)47-35)45-14(2)54-29(57)25(43-3)23(38(39,40)41)26(30(54)58)52-50-22-12-16(32(61)62)6-8-19(22)34(65)66/h5-8,11-12,55,57H,4,9-10H2,1-2H3,(H,59,60)(H,61,62)(H,63,64)(H,65,66)(H2,44,46,47,48,67). The molecule has 67 heavy (non-hydrogen) atoms. The number of aromatic carboxylic acids is 4.